The number of benzene rings is 1. The topological polar surface area (TPSA) is 54.4 Å². The van der Waals surface area contributed by atoms with Crippen molar-refractivity contribution in [1.82, 2.24) is 15.0 Å². The van der Waals surface area contributed by atoms with Gasteiger partial charge in [-0.15, -0.1) is 11.3 Å². The van der Waals surface area contributed by atoms with Crippen molar-refractivity contribution in [2.75, 3.05) is 45.1 Å². The van der Waals surface area contributed by atoms with Crippen LogP contribution in [-0.4, -0.2) is 50.3 Å². The summed E-state index contributed by atoms with van der Waals surface area (Å²) in [6.45, 7) is 0. The summed E-state index contributed by atoms with van der Waals surface area (Å²) in [5, 5.41) is 0. The summed E-state index contributed by atoms with van der Waals surface area (Å²) < 4.78 is 5.59. The highest BCUT2D eigenvalue weighted by atomic mass is 32.1. The van der Waals surface area contributed by atoms with Gasteiger partial charge in [0.25, 0.3) is 0 Å². The second-order valence-electron chi connectivity index (χ2n) is 5.92. The zero-order chi connectivity index (χ0) is 18.0. The zero-order valence-corrected chi connectivity index (χ0v) is 15.8. The van der Waals surface area contributed by atoms with Crippen LogP contribution in [0.5, 0.6) is 5.75 Å². The van der Waals surface area contributed by atoms with Crippen molar-refractivity contribution in [3.05, 3.63) is 36.4 Å². The molecule has 0 aliphatic heterocycles. The van der Waals surface area contributed by atoms with Crippen molar-refractivity contribution < 1.29 is 4.74 Å². The zero-order valence-electron chi connectivity index (χ0n) is 15.0. The Bertz CT molecular complexity index is 835. The molecule has 0 amide bonds. The normalized spacial score (nSPS) is 10.6. The van der Waals surface area contributed by atoms with Gasteiger partial charge in [0.2, 0.25) is 11.9 Å². The van der Waals surface area contributed by atoms with E-state index in [0.29, 0.717) is 17.7 Å². The second-order valence-corrected chi connectivity index (χ2v) is 6.97. The van der Waals surface area contributed by atoms with Crippen LogP contribution in [0.4, 0.5) is 11.9 Å². The van der Waals surface area contributed by atoms with E-state index < -0.39 is 0 Å². The van der Waals surface area contributed by atoms with Gasteiger partial charge in [-0.3, -0.25) is 0 Å². The van der Waals surface area contributed by atoms with E-state index in [1.807, 2.05) is 62.3 Å². The first-order valence-corrected chi connectivity index (χ1v) is 8.65. The molecule has 0 atom stereocenters. The van der Waals surface area contributed by atoms with Crippen LogP contribution in [0.15, 0.2) is 36.4 Å². The van der Waals surface area contributed by atoms with E-state index in [0.717, 1.165) is 21.1 Å². The molecule has 3 aromatic rings. The van der Waals surface area contributed by atoms with Gasteiger partial charge < -0.3 is 14.5 Å². The molecule has 0 radical (unpaired) electrons. The largest absolute Gasteiger partial charge is 0.495 e. The maximum atomic E-state index is 5.59. The van der Waals surface area contributed by atoms with Gasteiger partial charge in [0.1, 0.15) is 10.6 Å². The van der Waals surface area contributed by atoms with Crippen LogP contribution in [-0.2, 0) is 0 Å². The van der Waals surface area contributed by atoms with E-state index in [2.05, 4.69) is 27.1 Å². The van der Waals surface area contributed by atoms with Crippen LogP contribution in [0.3, 0.4) is 0 Å². The minimum atomic E-state index is 0.616. The van der Waals surface area contributed by atoms with Crippen LogP contribution >= 0.6 is 11.3 Å². The summed E-state index contributed by atoms with van der Waals surface area (Å²) in [7, 11) is 9.33. The quantitative estimate of drug-likeness (QED) is 0.699. The molecular formula is C18H21N5OS. The van der Waals surface area contributed by atoms with Gasteiger partial charge in [0, 0.05) is 33.1 Å². The number of methoxy groups -OCH3 is 1. The molecule has 0 aliphatic rings. The average molecular weight is 355 g/mol. The first-order chi connectivity index (χ1) is 12.0. The van der Waals surface area contributed by atoms with Crippen LogP contribution < -0.4 is 14.5 Å². The summed E-state index contributed by atoms with van der Waals surface area (Å²) in [6.07, 6.45) is 0. The third-order valence-electron chi connectivity index (χ3n) is 3.59. The molecule has 0 spiro atoms. The molecule has 6 nitrogen and oxygen atoms in total. The van der Waals surface area contributed by atoms with Gasteiger partial charge in [-0.2, -0.15) is 15.0 Å². The van der Waals surface area contributed by atoms with Gasteiger partial charge in [0.15, 0.2) is 5.82 Å². The average Bonchev–Trinajstić information content (AvgIpc) is 3.06. The lowest BCUT2D eigenvalue weighted by Gasteiger charge is -2.16. The van der Waals surface area contributed by atoms with E-state index in [9.17, 15) is 0 Å². The summed E-state index contributed by atoms with van der Waals surface area (Å²) in [5.74, 6) is 2.62. The minimum Gasteiger partial charge on any atom is -0.495 e. The number of nitrogens with zero attached hydrogens (tertiary/aromatic N) is 5. The highest BCUT2D eigenvalue weighted by molar-refractivity contribution is 7.19. The maximum absolute atomic E-state index is 5.59. The van der Waals surface area contributed by atoms with Gasteiger partial charge in [0.05, 0.1) is 7.11 Å². The molecule has 0 aliphatic carbocycles. The molecule has 1 aromatic carbocycles. The van der Waals surface area contributed by atoms with Crippen LogP contribution in [0.25, 0.3) is 21.1 Å². The Hall–Kier alpha value is -2.67. The lowest BCUT2D eigenvalue weighted by atomic mass is 10.2. The Balaban J connectivity index is 2.14. The molecule has 0 saturated carbocycles. The molecule has 2 aromatic heterocycles. The number of ether oxygens (including phenoxy) is 1. The molecule has 0 bridgehead atoms. The first kappa shape index (κ1) is 17.2. The fourth-order valence-corrected chi connectivity index (χ4v) is 3.35. The summed E-state index contributed by atoms with van der Waals surface area (Å²) in [6, 6.07) is 12.3. The predicted octanol–water partition coefficient (Wildman–Crippen LogP) is 3.41. The first-order valence-electron chi connectivity index (χ1n) is 7.84. The Labute approximate surface area is 151 Å². The van der Waals surface area contributed by atoms with Crippen molar-refractivity contribution in [3.8, 4) is 26.9 Å². The number of hydrogen-bond donors (Lipinski definition) is 0. The monoisotopic (exact) mass is 355 g/mol. The van der Waals surface area contributed by atoms with Crippen LogP contribution in [0, 0.1) is 0 Å². The summed E-state index contributed by atoms with van der Waals surface area (Å²) in [4.78, 5) is 19.4. The molecule has 7 heteroatoms. The van der Waals surface area contributed by atoms with Gasteiger partial charge in [-0.05, 0) is 11.6 Å². The third-order valence-corrected chi connectivity index (χ3v) is 4.75. The van der Waals surface area contributed by atoms with E-state index in [1.54, 1.807) is 18.4 Å². The Kier molecular flexibility index (Phi) is 4.85. The molecule has 0 unspecified atom stereocenters. The van der Waals surface area contributed by atoms with Crippen molar-refractivity contribution in [3.63, 3.8) is 0 Å². The van der Waals surface area contributed by atoms with E-state index in [4.69, 9.17) is 4.74 Å². The van der Waals surface area contributed by atoms with Crippen molar-refractivity contribution in [2.24, 2.45) is 0 Å². The fourth-order valence-electron chi connectivity index (χ4n) is 2.28. The second kappa shape index (κ2) is 7.06. The molecule has 0 saturated heterocycles. The number of thiophene rings is 1. The van der Waals surface area contributed by atoms with Crippen LogP contribution in [0.1, 0.15) is 0 Å². The number of rotatable bonds is 5. The van der Waals surface area contributed by atoms with Crippen molar-refractivity contribution in [1.29, 1.82) is 0 Å². The molecule has 2 heterocycles. The SMILES string of the molecule is COc1cc(-c2ccccc2)sc1-c1nc(N(C)C)nc(N(C)C)n1. The van der Waals surface area contributed by atoms with Crippen molar-refractivity contribution in [2.45, 2.75) is 0 Å². The summed E-state index contributed by atoms with van der Waals surface area (Å²) >= 11 is 1.62. The maximum Gasteiger partial charge on any atom is 0.230 e. The van der Waals surface area contributed by atoms with E-state index >= 15 is 0 Å². The Morgan fingerprint density at radius 2 is 1.48 bits per heavy atom. The smallest absolute Gasteiger partial charge is 0.230 e. The minimum absolute atomic E-state index is 0.616. The lowest BCUT2D eigenvalue weighted by molar-refractivity contribution is 0.418. The highest BCUT2D eigenvalue weighted by Gasteiger charge is 2.18. The highest BCUT2D eigenvalue weighted by Crippen LogP contribution is 2.41. The van der Waals surface area contributed by atoms with Crippen molar-refractivity contribution >= 4 is 23.2 Å². The molecule has 25 heavy (non-hydrogen) atoms. The molecule has 0 N–H and O–H groups in total. The number of anilines is 2. The van der Waals surface area contributed by atoms with E-state index in [1.165, 1.54) is 0 Å². The number of aromatic nitrogens is 3. The van der Waals surface area contributed by atoms with Gasteiger partial charge >= 0.3 is 0 Å². The van der Waals surface area contributed by atoms with Crippen LogP contribution in [0.2, 0.25) is 0 Å². The lowest BCUT2D eigenvalue weighted by Crippen LogP contribution is -2.19. The standard InChI is InChI=1S/C18H21N5OS/c1-22(2)17-19-16(20-18(21-17)23(3)4)15-13(24-5)11-14(25-15)12-9-7-6-8-10-12/h6-11H,1-5H3. The van der Waals surface area contributed by atoms with Gasteiger partial charge in [-0.1, -0.05) is 30.3 Å². The van der Waals surface area contributed by atoms with Gasteiger partial charge in [-0.25, -0.2) is 0 Å². The molecular weight excluding hydrogens is 334 g/mol. The molecule has 3 rings (SSSR count). The molecule has 0 fully saturated rings. The Morgan fingerprint density at radius 3 is 2.00 bits per heavy atom. The van der Waals surface area contributed by atoms with E-state index in [-0.39, 0.29) is 0 Å². The fraction of sp³-hybridized carbons (Fsp3) is 0.278. The third kappa shape index (κ3) is 3.56. The summed E-state index contributed by atoms with van der Waals surface area (Å²) in [5.41, 5.74) is 1.15. The Morgan fingerprint density at radius 1 is 0.880 bits per heavy atom. The number of hydrogen-bond acceptors (Lipinski definition) is 7. The molecule has 130 valence electrons. The predicted molar refractivity (Wildman–Crippen MR) is 104 cm³/mol.